The Morgan fingerprint density at radius 2 is 1.85 bits per heavy atom. The second-order valence-electron chi connectivity index (χ2n) is 6.23. The molecule has 2 heterocycles. The summed E-state index contributed by atoms with van der Waals surface area (Å²) in [4.78, 5) is 29.5. The normalized spacial score (nSPS) is 14.4. The minimum absolute atomic E-state index is 0.0947. The molecule has 4 N–H and O–H groups in total. The van der Waals surface area contributed by atoms with Gasteiger partial charge in [-0.3, -0.25) is 9.59 Å². The Labute approximate surface area is 153 Å². The molecule has 0 atom stereocenters. The van der Waals surface area contributed by atoms with Crippen LogP contribution in [0.2, 0.25) is 0 Å². The molecule has 0 spiro atoms. The van der Waals surface area contributed by atoms with E-state index in [0.717, 1.165) is 41.5 Å². The molecule has 2 aromatic heterocycles. The highest BCUT2D eigenvalue weighted by Gasteiger charge is 2.24. The van der Waals surface area contributed by atoms with Crippen LogP contribution in [-0.2, 0) is 12.8 Å². The van der Waals surface area contributed by atoms with E-state index in [1.807, 2.05) is 18.2 Å². The van der Waals surface area contributed by atoms with Gasteiger partial charge >= 0.3 is 0 Å². The van der Waals surface area contributed by atoms with Crippen molar-refractivity contribution in [3.05, 3.63) is 57.5 Å². The number of rotatable bonds is 3. The summed E-state index contributed by atoms with van der Waals surface area (Å²) in [6.07, 6.45) is 3.83. The number of carbonyl (C=O) groups excluding carboxylic acids is 2. The predicted molar refractivity (Wildman–Crippen MR) is 99.4 cm³/mol. The topological polar surface area (TPSA) is 112 Å². The molecule has 0 saturated carbocycles. The van der Waals surface area contributed by atoms with Crippen molar-refractivity contribution >= 4 is 39.1 Å². The molecule has 1 aromatic carbocycles. The summed E-state index contributed by atoms with van der Waals surface area (Å²) in [7, 11) is 0. The number of benzene rings is 1. The largest absolute Gasteiger partial charge is 0.437 e. The minimum Gasteiger partial charge on any atom is -0.437 e. The quantitative estimate of drug-likeness (QED) is 0.742. The van der Waals surface area contributed by atoms with Gasteiger partial charge < -0.3 is 15.9 Å². The molecule has 1 aliphatic carbocycles. The Balaban J connectivity index is 1.99. The van der Waals surface area contributed by atoms with Crippen LogP contribution in [0.25, 0.3) is 11.0 Å². The fraction of sp³-hybridized carbons (Fsp3) is 0.211. The third-order valence-electron chi connectivity index (χ3n) is 4.52. The van der Waals surface area contributed by atoms with Crippen molar-refractivity contribution in [1.29, 1.82) is 0 Å². The first-order valence-corrected chi connectivity index (χ1v) is 9.18. The van der Waals surface area contributed by atoms with Gasteiger partial charge in [0.2, 0.25) is 5.55 Å². The summed E-state index contributed by atoms with van der Waals surface area (Å²) in [5.41, 5.74) is 13.4. The number of hydrogen-bond donors (Lipinski definition) is 2. The second-order valence-corrected chi connectivity index (χ2v) is 7.32. The smallest absolute Gasteiger partial charge is 0.254 e. The van der Waals surface area contributed by atoms with Crippen molar-refractivity contribution in [2.24, 2.45) is 16.5 Å². The van der Waals surface area contributed by atoms with Crippen LogP contribution in [0.3, 0.4) is 0 Å². The van der Waals surface area contributed by atoms with Crippen molar-refractivity contribution < 1.29 is 14.0 Å². The Kier molecular flexibility index (Phi) is 4.08. The molecule has 1 aliphatic rings. The zero-order valence-electron chi connectivity index (χ0n) is 14.0. The summed E-state index contributed by atoms with van der Waals surface area (Å²) >= 11 is 1.43. The lowest BCUT2D eigenvalue weighted by atomic mass is 9.95. The van der Waals surface area contributed by atoms with E-state index in [1.165, 1.54) is 11.3 Å². The van der Waals surface area contributed by atoms with Gasteiger partial charge in [0.15, 0.2) is 0 Å². The summed E-state index contributed by atoms with van der Waals surface area (Å²) in [6, 6.07) is 8.94. The number of nitrogens with two attached hydrogens (primary N) is 2. The van der Waals surface area contributed by atoms with Crippen molar-refractivity contribution in [1.82, 2.24) is 0 Å². The summed E-state index contributed by atoms with van der Waals surface area (Å²) < 4.78 is 5.81. The number of thiophene rings is 1. The van der Waals surface area contributed by atoms with Gasteiger partial charge in [0.25, 0.3) is 11.8 Å². The van der Waals surface area contributed by atoms with Crippen molar-refractivity contribution in [3.63, 3.8) is 0 Å². The summed E-state index contributed by atoms with van der Waals surface area (Å²) in [6.45, 7) is 0. The average Bonchev–Trinajstić information content (AvgIpc) is 2.99. The number of hydrogen-bond acceptors (Lipinski definition) is 5. The first-order chi connectivity index (χ1) is 12.5. The summed E-state index contributed by atoms with van der Waals surface area (Å²) in [5.74, 6) is -1.15. The molecule has 0 radical (unpaired) electrons. The summed E-state index contributed by atoms with van der Waals surface area (Å²) in [5, 5.41) is 1.23. The molecular formula is C19H17N3O3S. The molecule has 7 heteroatoms. The highest BCUT2D eigenvalue weighted by atomic mass is 32.1. The maximum absolute atomic E-state index is 12.0. The number of para-hydroxylation sites is 1. The molecule has 4 rings (SSSR count). The van der Waals surface area contributed by atoms with Crippen molar-refractivity contribution in [3.8, 4) is 0 Å². The third-order valence-corrected chi connectivity index (χ3v) is 5.71. The number of fused-ring (bicyclic) bond motifs is 2. The van der Waals surface area contributed by atoms with Gasteiger partial charge in [-0.2, -0.15) is 0 Å². The fourth-order valence-corrected chi connectivity index (χ4v) is 4.57. The van der Waals surface area contributed by atoms with Gasteiger partial charge in [-0.25, -0.2) is 4.99 Å². The maximum atomic E-state index is 12.0. The molecular weight excluding hydrogens is 350 g/mol. The molecule has 0 fully saturated rings. The Hall–Kier alpha value is -2.93. The van der Waals surface area contributed by atoms with Crippen molar-refractivity contribution in [2.45, 2.75) is 25.7 Å². The molecule has 2 amide bonds. The SMILES string of the molecule is NC(=O)c1c(/N=c2\oc3ccccc3cc2C(N)=O)sc2c1CCCC2. The second kappa shape index (κ2) is 6.42. The van der Waals surface area contributed by atoms with E-state index in [1.54, 1.807) is 12.1 Å². The van der Waals surface area contributed by atoms with E-state index in [0.29, 0.717) is 16.1 Å². The number of carbonyl (C=O) groups is 2. The van der Waals surface area contributed by atoms with Gasteiger partial charge in [0.1, 0.15) is 16.1 Å². The molecule has 132 valence electrons. The predicted octanol–water partition coefficient (Wildman–Crippen LogP) is 2.80. The Morgan fingerprint density at radius 3 is 2.62 bits per heavy atom. The lowest BCUT2D eigenvalue weighted by Gasteiger charge is -2.10. The fourth-order valence-electron chi connectivity index (χ4n) is 3.31. The van der Waals surface area contributed by atoms with E-state index in [9.17, 15) is 9.59 Å². The third kappa shape index (κ3) is 2.80. The van der Waals surface area contributed by atoms with Crippen LogP contribution in [0, 0.1) is 0 Å². The first-order valence-electron chi connectivity index (χ1n) is 8.36. The molecule has 0 unspecified atom stereocenters. The van der Waals surface area contributed by atoms with Gasteiger partial charge in [0.05, 0.1) is 5.56 Å². The van der Waals surface area contributed by atoms with E-state index in [4.69, 9.17) is 15.9 Å². The molecule has 26 heavy (non-hydrogen) atoms. The maximum Gasteiger partial charge on any atom is 0.254 e. The van der Waals surface area contributed by atoms with Crippen LogP contribution < -0.4 is 17.0 Å². The highest BCUT2D eigenvalue weighted by Crippen LogP contribution is 2.39. The molecule has 0 bridgehead atoms. The molecule has 0 saturated heterocycles. The number of nitrogens with zero attached hydrogens (tertiary/aromatic N) is 1. The monoisotopic (exact) mass is 367 g/mol. The van der Waals surface area contributed by atoms with E-state index >= 15 is 0 Å². The highest BCUT2D eigenvalue weighted by molar-refractivity contribution is 7.16. The number of amides is 2. The van der Waals surface area contributed by atoms with Crippen LogP contribution >= 0.6 is 11.3 Å². The standard InChI is InChI=1S/C19H17N3O3S/c20-16(23)12-9-10-5-1-3-7-13(10)25-18(12)22-19-15(17(21)24)11-6-2-4-8-14(11)26-19/h1,3,5,7,9H,2,4,6,8H2,(H2,20,23)(H2,21,24)/b22-18-. The Bertz CT molecular complexity index is 1110. The van der Waals surface area contributed by atoms with Crippen LogP contribution in [0.4, 0.5) is 5.00 Å². The van der Waals surface area contributed by atoms with Crippen LogP contribution in [0.5, 0.6) is 0 Å². The van der Waals surface area contributed by atoms with Crippen LogP contribution in [0.15, 0.2) is 39.7 Å². The molecule has 0 aliphatic heterocycles. The van der Waals surface area contributed by atoms with Gasteiger partial charge in [-0.15, -0.1) is 11.3 Å². The van der Waals surface area contributed by atoms with Crippen LogP contribution in [0.1, 0.15) is 44.0 Å². The van der Waals surface area contributed by atoms with Crippen LogP contribution in [-0.4, -0.2) is 11.8 Å². The average molecular weight is 367 g/mol. The van der Waals surface area contributed by atoms with E-state index < -0.39 is 11.8 Å². The lowest BCUT2D eigenvalue weighted by molar-refractivity contribution is 0.0990. The number of aryl methyl sites for hydroxylation is 1. The van der Waals surface area contributed by atoms with Gasteiger partial charge in [-0.05, 0) is 43.4 Å². The van der Waals surface area contributed by atoms with Gasteiger partial charge in [0, 0.05) is 10.3 Å². The van der Waals surface area contributed by atoms with Gasteiger partial charge in [-0.1, -0.05) is 18.2 Å². The van der Waals surface area contributed by atoms with E-state index in [-0.39, 0.29) is 11.1 Å². The Morgan fingerprint density at radius 1 is 1.08 bits per heavy atom. The zero-order chi connectivity index (χ0) is 18.3. The van der Waals surface area contributed by atoms with Crippen molar-refractivity contribution in [2.75, 3.05) is 0 Å². The zero-order valence-corrected chi connectivity index (χ0v) is 14.8. The number of primary amides is 2. The molecule has 6 nitrogen and oxygen atoms in total. The lowest BCUT2D eigenvalue weighted by Crippen LogP contribution is -2.22. The first kappa shape index (κ1) is 16.5. The minimum atomic E-state index is -0.639. The molecule has 3 aromatic rings. The van der Waals surface area contributed by atoms with E-state index in [2.05, 4.69) is 4.99 Å².